The summed E-state index contributed by atoms with van der Waals surface area (Å²) in [6, 6.07) is 14.4. The lowest BCUT2D eigenvalue weighted by atomic mass is 10.2. The molecule has 2 aromatic carbocycles. The van der Waals surface area contributed by atoms with E-state index in [0.717, 1.165) is 10.0 Å². The van der Waals surface area contributed by atoms with Crippen LogP contribution in [0.2, 0.25) is 5.02 Å². The second kappa shape index (κ2) is 7.96. The van der Waals surface area contributed by atoms with Crippen molar-refractivity contribution in [1.29, 1.82) is 0 Å². The molecule has 0 aliphatic rings. The molecule has 0 fully saturated rings. The van der Waals surface area contributed by atoms with Crippen molar-refractivity contribution >= 4 is 45.3 Å². The molecule has 22 heavy (non-hydrogen) atoms. The number of carbonyl (C=O) groups excluding carboxylic acids is 1. The Balaban J connectivity index is 1.89. The molecule has 6 heteroatoms. The van der Waals surface area contributed by atoms with E-state index in [1.807, 2.05) is 24.3 Å². The molecule has 0 saturated heterocycles. The Kier molecular flexibility index (Phi) is 5.98. The standard InChI is InChI=1S/C16H14BrClN2O2/c1-11(16(21)20-14-8-6-13(18)7-9-14)22-19-10-12-4-2-3-5-15(12)17/h2-11H,1H3,(H,20,21)/b19-10-/t11-/m0/s1. The van der Waals surface area contributed by atoms with Crippen molar-refractivity contribution in [1.82, 2.24) is 0 Å². The van der Waals surface area contributed by atoms with E-state index in [0.29, 0.717) is 10.7 Å². The zero-order valence-corrected chi connectivity index (χ0v) is 14.1. The molecule has 2 aromatic rings. The average molecular weight is 382 g/mol. The Labute approximate surface area is 142 Å². The Morgan fingerprint density at radius 1 is 1.27 bits per heavy atom. The first kappa shape index (κ1) is 16.5. The topological polar surface area (TPSA) is 50.7 Å². The second-order valence-electron chi connectivity index (χ2n) is 4.50. The summed E-state index contributed by atoms with van der Waals surface area (Å²) in [6.45, 7) is 1.63. The van der Waals surface area contributed by atoms with Crippen molar-refractivity contribution in [3.63, 3.8) is 0 Å². The monoisotopic (exact) mass is 380 g/mol. The molecule has 0 radical (unpaired) electrons. The summed E-state index contributed by atoms with van der Waals surface area (Å²) in [6.07, 6.45) is 0.838. The van der Waals surface area contributed by atoms with Crippen LogP contribution in [0.15, 0.2) is 58.2 Å². The Morgan fingerprint density at radius 2 is 1.95 bits per heavy atom. The van der Waals surface area contributed by atoms with Gasteiger partial charge in [0.1, 0.15) is 0 Å². The van der Waals surface area contributed by atoms with Gasteiger partial charge in [-0.05, 0) is 37.3 Å². The number of halogens is 2. The number of nitrogens with one attached hydrogen (secondary N) is 1. The number of hydrogen-bond donors (Lipinski definition) is 1. The molecule has 0 unspecified atom stereocenters. The first-order valence-corrected chi connectivity index (χ1v) is 7.73. The fraction of sp³-hybridized carbons (Fsp3) is 0.125. The summed E-state index contributed by atoms with van der Waals surface area (Å²) in [5, 5.41) is 7.18. The van der Waals surface area contributed by atoms with Gasteiger partial charge in [-0.3, -0.25) is 4.79 Å². The Hall–Kier alpha value is -1.85. The number of carbonyl (C=O) groups is 1. The summed E-state index contributed by atoms with van der Waals surface area (Å²) < 4.78 is 0.903. The third-order valence-electron chi connectivity index (χ3n) is 2.80. The number of oxime groups is 1. The van der Waals surface area contributed by atoms with Gasteiger partial charge in [0, 0.05) is 20.7 Å². The fourth-order valence-electron chi connectivity index (χ4n) is 1.58. The van der Waals surface area contributed by atoms with Crippen molar-refractivity contribution in [3.8, 4) is 0 Å². The number of rotatable bonds is 5. The minimum absolute atomic E-state index is 0.286. The molecule has 0 bridgehead atoms. The third kappa shape index (κ3) is 4.86. The Morgan fingerprint density at radius 3 is 2.64 bits per heavy atom. The Bertz CT molecular complexity index is 674. The molecular weight excluding hydrogens is 368 g/mol. The van der Waals surface area contributed by atoms with E-state index in [9.17, 15) is 4.79 Å². The van der Waals surface area contributed by atoms with Gasteiger partial charge in [-0.2, -0.15) is 0 Å². The zero-order valence-electron chi connectivity index (χ0n) is 11.8. The van der Waals surface area contributed by atoms with Gasteiger partial charge >= 0.3 is 0 Å². The summed E-state index contributed by atoms with van der Waals surface area (Å²) in [4.78, 5) is 17.1. The van der Waals surface area contributed by atoms with Crippen LogP contribution in [0, 0.1) is 0 Å². The molecule has 0 spiro atoms. The molecule has 1 atom stereocenters. The number of amides is 1. The van der Waals surface area contributed by atoms with Crippen LogP contribution in [0.4, 0.5) is 5.69 Å². The lowest BCUT2D eigenvalue weighted by Gasteiger charge is -2.10. The van der Waals surface area contributed by atoms with Gasteiger partial charge in [-0.25, -0.2) is 0 Å². The van der Waals surface area contributed by atoms with E-state index in [-0.39, 0.29) is 5.91 Å². The smallest absolute Gasteiger partial charge is 0.267 e. The van der Waals surface area contributed by atoms with Gasteiger partial charge in [-0.1, -0.05) is 50.9 Å². The van der Waals surface area contributed by atoms with Gasteiger partial charge in [0.2, 0.25) is 6.10 Å². The molecule has 2 rings (SSSR count). The largest absolute Gasteiger partial charge is 0.383 e. The van der Waals surface area contributed by atoms with Crippen molar-refractivity contribution in [2.45, 2.75) is 13.0 Å². The van der Waals surface area contributed by atoms with Crippen LogP contribution in [-0.2, 0) is 9.63 Å². The van der Waals surface area contributed by atoms with Crippen LogP contribution in [0.5, 0.6) is 0 Å². The third-order valence-corrected chi connectivity index (χ3v) is 3.77. The van der Waals surface area contributed by atoms with Crippen LogP contribution in [0.25, 0.3) is 0 Å². The van der Waals surface area contributed by atoms with Gasteiger partial charge in [0.05, 0.1) is 6.21 Å². The minimum atomic E-state index is -0.714. The summed E-state index contributed by atoms with van der Waals surface area (Å²) in [5.74, 6) is -0.286. The maximum Gasteiger partial charge on any atom is 0.267 e. The highest BCUT2D eigenvalue weighted by atomic mass is 79.9. The van der Waals surface area contributed by atoms with E-state index >= 15 is 0 Å². The highest BCUT2D eigenvalue weighted by Crippen LogP contribution is 2.15. The first-order chi connectivity index (χ1) is 10.6. The minimum Gasteiger partial charge on any atom is -0.383 e. The zero-order chi connectivity index (χ0) is 15.9. The average Bonchev–Trinajstić information content (AvgIpc) is 2.51. The number of benzene rings is 2. The van der Waals surface area contributed by atoms with Crippen molar-refractivity contribution in [3.05, 3.63) is 63.6 Å². The highest BCUT2D eigenvalue weighted by Gasteiger charge is 2.14. The molecular formula is C16H14BrClN2O2. The van der Waals surface area contributed by atoms with E-state index < -0.39 is 6.10 Å². The van der Waals surface area contributed by atoms with Gasteiger partial charge in [0.25, 0.3) is 5.91 Å². The fourth-order valence-corrected chi connectivity index (χ4v) is 2.10. The maximum absolute atomic E-state index is 12.0. The number of anilines is 1. The maximum atomic E-state index is 12.0. The molecule has 0 saturated carbocycles. The van der Waals surface area contributed by atoms with Crippen molar-refractivity contribution in [2.75, 3.05) is 5.32 Å². The summed E-state index contributed by atoms with van der Waals surface area (Å²) >= 11 is 9.20. The van der Waals surface area contributed by atoms with E-state index in [2.05, 4.69) is 26.4 Å². The number of nitrogens with zero attached hydrogens (tertiary/aromatic N) is 1. The predicted molar refractivity (Wildman–Crippen MR) is 92.4 cm³/mol. The summed E-state index contributed by atoms with van der Waals surface area (Å²) in [5.41, 5.74) is 1.52. The molecule has 4 nitrogen and oxygen atoms in total. The first-order valence-electron chi connectivity index (χ1n) is 6.56. The normalized spacial score (nSPS) is 12.1. The van der Waals surface area contributed by atoms with Crippen LogP contribution in [0.3, 0.4) is 0 Å². The summed E-state index contributed by atoms with van der Waals surface area (Å²) in [7, 11) is 0. The van der Waals surface area contributed by atoms with E-state index in [1.54, 1.807) is 37.4 Å². The quantitative estimate of drug-likeness (QED) is 0.613. The van der Waals surface area contributed by atoms with Gasteiger partial charge in [0.15, 0.2) is 0 Å². The SMILES string of the molecule is C[C@H](O/N=C\c1ccccc1Br)C(=O)Nc1ccc(Cl)cc1. The second-order valence-corrected chi connectivity index (χ2v) is 5.79. The van der Waals surface area contributed by atoms with Crippen molar-refractivity contribution in [2.24, 2.45) is 5.16 Å². The molecule has 0 heterocycles. The van der Waals surface area contributed by atoms with Gasteiger partial charge in [-0.15, -0.1) is 0 Å². The number of hydrogen-bond acceptors (Lipinski definition) is 3. The molecule has 0 aromatic heterocycles. The predicted octanol–water partition coefficient (Wildman–Crippen LogP) is 4.48. The molecule has 0 aliphatic carbocycles. The van der Waals surface area contributed by atoms with Gasteiger partial charge < -0.3 is 10.2 Å². The van der Waals surface area contributed by atoms with E-state index in [4.69, 9.17) is 16.4 Å². The molecule has 1 N–H and O–H groups in total. The van der Waals surface area contributed by atoms with Crippen LogP contribution in [0.1, 0.15) is 12.5 Å². The van der Waals surface area contributed by atoms with Crippen molar-refractivity contribution < 1.29 is 9.63 Å². The molecule has 114 valence electrons. The van der Waals surface area contributed by atoms with E-state index in [1.165, 1.54) is 0 Å². The van der Waals surface area contributed by atoms with Crippen LogP contribution in [-0.4, -0.2) is 18.2 Å². The highest BCUT2D eigenvalue weighted by molar-refractivity contribution is 9.10. The van der Waals surface area contributed by atoms with Crippen LogP contribution < -0.4 is 5.32 Å². The lowest BCUT2D eigenvalue weighted by molar-refractivity contribution is -0.126. The molecule has 0 aliphatic heterocycles. The lowest BCUT2D eigenvalue weighted by Crippen LogP contribution is -2.26. The molecule has 1 amide bonds. The van der Waals surface area contributed by atoms with Crippen LogP contribution >= 0.6 is 27.5 Å².